The van der Waals surface area contributed by atoms with Crippen LogP contribution >= 0.6 is 0 Å². The summed E-state index contributed by atoms with van der Waals surface area (Å²) in [6.07, 6.45) is 4.63. The van der Waals surface area contributed by atoms with Crippen molar-refractivity contribution in [1.29, 1.82) is 0 Å². The van der Waals surface area contributed by atoms with Gasteiger partial charge in [-0.15, -0.1) is 0 Å². The van der Waals surface area contributed by atoms with Crippen LogP contribution < -0.4 is 5.56 Å². The minimum absolute atomic E-state index is 0.0531. The van der Waals surface area contributed by atoms with Gasteiger partial charge in [0.05, 0.1) is 0 Å². The lowest BCUT2D eigenvalue weighted by Crippen LogP contribution is -2.39. The summed E-state index contributed by atoms with van der Waals surface area (Å²) in [5, 5.41) is 0. The van der Waals surface area contributed by atoms with E-state index >= 15 is 0 Å². The van der Waals surface area contributed by atoms with Gasteiger partial charge in [0.1, 0.15) is 5.69 Å². The first-order valence-corrected chi connectivity index (χ1v) is 6.69. The number of likely N-dealkylation sites (tertiary alicyclic amines) is 1. The Morgan fingerprint density at radius 2 is 2.11 bits per heavy atom. The molecule has 98 valence electrons. The third-order valence-corrected chi connectivity index (χ3v) is 3.60. The van der Waals surface area contributed by atoms with Crippen molar-refractivity contribution < 1.29 is 4.79 Å². The van der Waals surface area contributed by atoms with Gasteiger partial charge in [-0.05, 0) is 24.8 Å². The zero-order valence-corrected chi connectivity index (χ0v) is 10.8. The van der Waals surface area contributed by atoms with E-state index in [1.54, 1.807) is 12.1 Å². The highest BCUT2D eigenvalue weighted by molar-refractivity contribution is 5.92. The summed E-state index contributed by atoms with van der Waals surface area (Å²) < 4.78 is 0. The molecule has 1 aromatic heterocycles. The van der Waals surface area contributed by atoms with Gasteiger partial charge in [0.25, 0.3) is 5.91 Å². The highest BCUT2D eigenvalue weighted by Gasteiger charge is 2.23. The average molecular weight is 248 g/mol. The summed E-state index contributed by atoms with van der Waals surface area (Å²) in [4.78, 5) is 27.8. The number of hydrogen-bond acceptors (Lipinski definition) is 2. The van der Waals surface area contributed by atoms with Crippen molar-refractivity contribution in [1.82, 2.24) is 9.88 Å². The van der Waals surface area contributed by atoms with Crippen molar-refractivity contribution in [2.75, 3.05) is 13.1 Å². The molecule has 1 aromatic rings. The molecule has 4 heteroatoms. The fourth-order valence-corrected chi connectivity index (χ4v) is 2.58. The fraction of sp³-hybridized carbons (Fsp3) is 0.571. The first-order chi connectivity index (χ1) is 8.70. The van der Waals surface area contributed by atoms with E-state index in [1.165, 1.54) is 18.9 Å². The topological polar surface area (TPSA) is 53.2 Å². The number of aromatic nitrogens is 1. The van der Waals surface area contributed by atoms with Crippen LogP contribution in [-0.4, -0.2) is 28.9 Å². The van der Waals surface area contributed by atoms with Gasteiger partial charge in [-0.25, -0.2) is 0 Å². The molecule has 1 aliphatic heterocycles. The molecular formula is C14H20N2O2. The molecule has 0 bridgehead atoms. The van der Waals surface area contributed by atoms with Gasteiger partial charge in [0.2, 0.25) is 5.56 Å². The van der Waals surface area contributed by atoms with Crippen LogP contribution in [0.1, 0.15) is 43.1 Å². The van der Waals surface area contributed by atoms with E-state index in [2.05, 4.69) is 11.9 Å². The molecule has 1 saturated heterocycles. The van der Waals surface area contributed by atoms with Crippen LogP contribution in [0.4, 0.5) is 0 Å². The molecular weight excluding hydrogens is 228 g/mol. The second-order valence-electron chi connectivity index (χ2n) is 4.95. The second-order valence-corrected chi connectivity index (χ2v) is 4.95. The zero-order chi connectivity index (χ0) is 13.0. The highest BCUT2D eigenvalue weighted by atomic mass is 16.2. The number of nitrogens with zero attached hydrogens (tertiary/aromatic N) is 1. The normalized spacial score (nSPS) is 16.8. The van der Waals surface area contributed by atoms with Gasteiger partial charge in [0, 0.05) is 19.2 Å². The zero-order valence-electron chi connectivity index (χ0n) is 10.8. The van der Waals surface area contributed by atoms with Crippen molar-refractivity contribution in [3.8, 4) is 0 Å². The van der Waals surface area contributed by atoms with Crippen molar-refractivity contribution in [2.24, 2.45) is 5.92 Å². The maximum Gasteiger partial charge on any atom is 0.270 e. The number of rotatable bonds is 3. The molecule has 4 nitrogen and oxygen atoms in total. The Morgan fingerprint density at radius 3 is 2.72 bits per heavy atom. The van der Waals surface area contributed by atoms with E-state index < -0.39 is 0 Å². The predicted octanol–water partition coefficient (Wildman–Crippen LogP) is 2.03. The minimum Gasteiger partial charge on any atom is -0.337 e. The summed E-state index contributed by atoms with van der Waals surface area (Å²) in [5.41, 5.74) is 0.179. The van der Waals surface area contributed by atoms with Crippen LogP contribution in [0.15, 0.2) is 23.0 Å². The smallest absolute Gasteiger partial charge is 0.270 e. The Kier molecular flexibility index (Phi) is 4.18. The molecule has 1 N–H and O–H groups in total. The predicted molar refractivity (Wildman–Crippen MR) is 70.6 cm³/mol. The summed E-state index contributed by atoms with van der Waals surface area (Å²) in [7, 11) is 0. The third-order valence-electron chi connectivity index (χ3n) is 3.60. The van der Waals surface area contributed by atoms with E-state index in [-0.39, 0.29) is 11.5 Å². The van der Waals surface area contributed by atoms with Crippen LogP contribution in [-0.2, 0) is 0 Å². The highest BCUT2D eigenvalue weighted by Crippen LogP contribution is 2.22. The Hall–Kier alpha value is -1.58. The van der Waals surface area contributed by atoms with Crippen LogP contribution in [0, 0.1) is 5.92 Å². The van der Waals surface area contributed by atoms with Gasteiger partial charge in [-0.1, -0.05) is 25.8 Å². The first-order valence-electron chi connectivity index (χ1n) is 6.69. The monoisotopic (exact) mass is 248 g/mol. The van der Waals surface area contributed by atoms with Gasteiger partial charge < -0.3 is 9.88 Å². The molecule has 0 radical (unpaired) electrons. The van der Waals surface area contributed by atoms with Crippen molar-refractivity contribution >= 4 is 5.91 Å². The number of carbonyl (C=O) groups excluding carboxylic acids is 1. The molecule has 0 atom stereocenters. The number of carbonyl (C=O) groups is 1. The molecule has 0 aliphatic carbocycles. The molecule has 0 saturated carbocycles. The maximum atomic E-state index is 12.2. The lowest BCUT2D eigenvalue weighted by molar-refractivity contribution is 0.0680. The van der Waals surface area contributed by atoms with E-state index in [1.807, 2.05) is 4.90 Å². The minimum atomic E-state index is -0.221. The molecule has 2 rings (SSSR count). The summed E-state index contributed by atoms with van der Waals surface area (Å²) in [6, 6.07) is 4.71. The average Bonchev–Trinajstić information content (AvgIpc) is 2.39. The third kappa shape index (κ3) is 3.00. The van der Waals surface area contributed by atoms with E-state index in [4.69, 9.17) is 0 Å². The molecule has 1 aliphatic rings. The quantitative estimate of drug-likeness (QED) is 0.889. The molecule has 0 spiro atoms. The lowest BCUT2D eigenvalue weighted by Gasteiger charge is -2.31. The van der Waals surface area contributed by atoms with Gasteiger partial charge in [-0.3, -0.25) is 9.59 Å². The van der Waals surface area contributed by atoms with Gasteiger partial charge in [-0.2, -0.15) is 0 Å². The van der Waals surface area contributed by atoms with Crippen molar-refractivity contribution in [3.05, 3.63) is 34.2 Å². The van der Waals surface area contributed by atoms with Crippen LogP contribution in [0.5, 0.6) is 0 Å². The van der Waals surface area contributed by atoms with Crippen molar-refractivity contribution in [2.45, 2.75) is 32.6 Å². The van der Waals surface area contributed by atoms with Crippen LogP contribution in [0.3, 0.4) is 0 Å². The Balaban J connectivity index is 1.97. The number of amides is 1. The Bertz CT molecular complexity index is 459. The number of hydrogen-bond donors (Lipinski definition) is 1. The van der Waals surface area contributed by atoms with Gasteiger partial charge >= 0.3 is 0 Å². The molecule has 1 amide bonds. The van der Waals surface area contributed by atoms with Crippen LogP contribution in [0.25, 0.3) is 0 Å². The van der Waals surface area contributed by atoms with Gasteiger partial charge in [0.15, 0.2) is 0 Å². The Labute approximate surface area is 107 Å². The molecule has 0 unspecified atom stereocenters. The van der Waals surface area contributed by atoms with E-state index in [0.717, 1.165) is 31.8 Å². The number of piperidine rings is 1. The fourth-order valence-electron chi connectivity index (χ4n) is 2.58. The molecule has 2 heterocycles. The van der Waals surface area contributed by atoms with Crippen molar-refractivity contribution in [3.63, 3.8) is 0 Å². The number of nitrogens with one attached hydrogen (secondary N) is 1. The Morgan fingerprint density at radius 1 is 1.39 bits per heavy atom. The number of aromatic amines is 1. The standard InChI is InChI=1S/C14H20N2O2/c1-2-4-11-7-9-16(10-8-11)14(18)12-5-3-6-13(17)15-12/h3,5-6,11H,2,4,7-10H2,1H3,(H,15,17). The number of pyridine rings is 1. The maximum absolute atomic E-state index is 12.2. The number of H-pyrrole nitrogens is 1. The lowest BCUT2D eigenvalue weighted by atomic mass is 9.92. The van der Waals surface area contributed by atoms with E-state index in [0.29, 0.717) is 5.69 Å². The summed E-state index contributed by atoms with van der Waals surface area (Å²) >= 11 is 0. The molecule has 18 heavy (non-hydrogen) atoms. The SMILES string of the molecule is CCCC1CCN(C(=O)c2cccc(=O)[nH]2)CC1. The summed E-state index contributed by atoms with van der Waals surface area (Å²) in [5.74, 6) is 0.705. The molecule has 0 aromatic carbocycles. The molecule has 1 fully saturated rings. The first kappa shape index (κ1) is 12.9. The van der Waals surface area contributed by atoms with Crippen LogP contribution in [0.2, 0.25) is 0 Å². The summed E-state index contributed by atoms with van der Waals surface area (Å²) in [6.45, 7) is 3.81. The second kappa shape index (κ2) is 5.85. The van der Waals surface area contributed by atoms with E-state index in [9.17, 15) is 9.59 Å². The largest absolute Gasteiger partial charge is 0.337 e.